The van der Waals surface area contributed by atoms with E-state index in [0.29, 0.717) is 30.2 Å². The van der Waals surface area contributed by atoms with E-state index in [1.54, 1.807) is 43.5 Å². The Hall–Kier alpha value is -2.71. The van der Waals surface area contributed by atoms with Gasteiger partial charge >= 0.3 is 0 Å². The minimum absolute atomic E-state index is 0.161. The van der Waals surface area contributed by atoms with Gasteiger partial charge in [0.2, 0.25) is 10.0 Å². The van der Waals surface area contributed by atoms with E-state index in [4.69, 9.17) is 16.3 Å². The number of nitrogens with one attached hydrogen (secondary N) is 1. The van der Waals surface area contributed by atoms with Gasteiger partial charge in [0.25, 0.3) is 5.91 Å². The maximum atomic E-state index is 13.8. The number of hydrogen-bond donors (Lipinski definition) is 1. The Morgan fingerprint density at radius 3 is 2.26 bits per heavy atom. The Balaban J connectivity index is 1.88. The van der Waals surface area contributed by atoms with Crippen LogP contribution in [0.15, 0.2) is 83.8 Å². The van der Waals surface area contributed by atoms with Crippen molar-refractivity contribution in [3.8, 4) is 0 Å². The average molecular weight is 515 g/mol. The largest absolute Gasteiger partial charge is 0.385 e. The highest BCUT2D eigenvalue weighted by Gasteiger charge is 2.31. The summed E-state index contributed by atoms with van der Waals surface area (Å²) in [6.45, 7) is 3.24. The third kappa shape index (κ3) is 7.15. The van der Waals surface area contributed by atoms with Crippen LogP contribution >= 0.6 is 11.6 Å². The average Bonchev–Trinajstić information content (AvgIpc) is 2.87. The quantitative estimate of drug-likeness (QED) is 0.326. The first-order chi connectivity index (χ1) is 16.9. The Kier molecular flexibility index (Phi) is 9.86. The number of ether oxygens (including phenoxy) is 1. The molecule has 0 radical (unpaired) electrons. The molecule has 3 aromatic carbocycles. The predicted molar refractivity (Wildman–Crippen MR) is 139 cm³/mol. The number of sulfonamides is 1. The molecule has 1 unspecified atom stereocenters. The number of methoxy groups -OCH3 is 1. The lowest BCUT2D eigenvalue weighted by atomic mass is 10.0. The van der Waals surface area contributed by atoms with Crippen LogP contribution in [0.4, 0.5) is 0 Å². The van der Waals surface area contributed by atoms with Crippen LogP contribution in [0.3, 0.4) is 0 Å². The minimum Gasteiger partial charge on any atom is -0.385 e. The Morgan fingerprint density at radius 2 is 1.66 bits per heavy atom. The zero-order chi connectivity index (χ0) is 25.3. The summed E-state index contributed by atoms with van der Waals surface area (Å²) in [4.78, 5) is 12.6. The maximum Gasteiger partial charge on any atom is 0.251 e. The van der Waals surface area contributed by atoms with Crippen molar-refractivity contribution in [1.29, 1.82) is 0 Å². The molecule has 0 aliphatic carbocycles. The molecule has 0 fully saturated rings. The summed E-state index contributed by atoms with van der Waals surface area (Å²) in [6.07, 6.45) is 1.33. The minimum atomic E-state index is -3.84. The number of carbonyl (C=O) groups is 1. The van der Waals surface area contributed by atoms with E-state index in [-0.39, 0.29) is 23.4 Å². The van der Waals surface area contributed by atoms with Crippen molar-refractivity contribution in [1.82, 2.24) is 9.62 Å². The summed E-state index contributed by atoms with van der Waals surface area (Å²) in [5, 5.41) is 3.33. The van der Waals surface area contributed by atoms with Gasteiger partial charge in [-0.1, -0.05) is 61.0 Å². The number of rotatable bonds is 12. The first-order valence-electron chi connectivity index (χ1n) is 11.5. The number of benzene rings is 3. The van der Waals surface area contributed by atoms with Crippen LogP contribution in [0.25, 0.3) is 0 Å². The lowest BCUT2D eigenvalue weighted by molar-refractivity contribution is 0.0948. The van der Waals surface area contributed by atoms with Crippen molar-refractivity contribution in [3.05, 3.63) is 101 Å². The van der Waals surface area contributed by atoms with Gasteiger partial charge in [-0.05, 0) is 60.4 Å². The Morgan fingerprint density at radius 1 is 1.00 bits per heavy atom. The van der Waals surface area contributed by atoms with Crippen molar-refractivity contribution in [2.24, 2.45) is 0 Å². The first kappa shape index (κ1) is 26.9. The number of hydrogen-bond acceptors (Lipinski definition) is 4. The summed E-state index contributed by atoms with van der Waals surface area (Å²) >= 11 is 6.00. The molecular formula is C27H31ClN2O4S. The molecule has 186 valence electrons. The molecule has 0 spiro atoms. The summed E-state index contributed by atoms with van der Waals surface area (Å²) in [5.74, 6) is -0.172. The maximum absolute atomic E-state index is 13.8. The first-order valence-corrected chi connectivity index (χ1v) is 13.4. The van der Waals surface area contributed by atoms with Crippen molar-refractivity contribution >= 4 is 27.5 Å². The van der Waals surface area contributed by atoms with Crippen LogP contribution in [0.5, 0.6) is 0 Å². The predicted octanol–water partition coefficient (Wildman–Crippen LogP) is 5.45. The lowest BCUT2D eigenvalue weighted by Gasteiger charge is -2.31. The van der Waals surface area contributed by atoms with E-state index in [9.17, 15) is 13.2 Å². The topological polar surface area (TPSA) is 75.7 Å². The summed E-state index contributed by atoms with van der Waals surface area (Å²) in [5.41, 5.74) is 2.22. The van der Waals surface area contributed by atoms with Crippen molar-refractivity contribution in [2.45, 2.75) is 37.2 Å². The van der Waals surface area contributed by atoms with Gasteiger partial charge in [0.15, 0.2) is 0 Å². The number of halogens is 1. The highest BCUT2D eigenvalue weighted by molar-refractivity contribution is 7.89. The van der Waals surface area contributed by atoms with E-state index < -0.39 is 10.0 Å². The van der Waals surface area contributed by atoms with E-state index in [1.807, 2.05) is 37.3 Å². The molecule has 8 heteroatoms. The standard InChI is InChI=1S/C27H31ClN2O4S/c1-3-26(22-8-5-4-6-9-22)30(35(32,33)25-16-14-24(28)15-17-25)20-21-10-12-23(13-11-21)27(31)29-18-7-19-34-2/h4-6,8-17,26H,3,7,18-20H2,1-2H3,(H,29,31). The molecular weight excluding hydrogens is 484 g/mol. The summed E-state index contributed by atoms with van der Waals surface area (Å²) in [7, 11) is -2.21. The summed E-state index contributed by atoms with van der Waals surface area (Å²) < 4.78 is 34.1. The molecule has 0 saturated heterocycles. The van der Waals surface area contributed by atoms with Crippen molar-refractivity contribution < 1.29 is 17.9 Å². The van der Waals surface area contributed by atoms with E-state index in [0.717, 1.165) is 17.5 Å². The molecule has 1 amide bonds. The van der Waals surface area contributed by atoms with Gasteiger partial charge in [-0.3, -0.25) is 4.79 Å². The molecule has 0 saturated carbocycles. The summed E-state index contributed by atoms with van der Waals surface area (Å²) in [6, 6.07) is 22.5. The number of carbonyl (C=O) groups excluding carboxylic acids is 1. The monoisotopic (exact) mass is 514 g/mol. The van der Waals surface area contributed by atoms with Crippen LogP contribution in [0, 0.1) is 0 Å². The molecule has 0 heterocycles. The highest BCUT2D eigenvalue weighted by atomic mass is 35.5. The molecule has 35 heavy (non-hydrogen) atoms. The van der Waals surface area contributed by atoms with Crippen LogP contribution < -0.4 is 5.32 Å². The van der Waals surface area contributed by atoms with Crippen LogP contribution in [0.1, 0.15) is 47.3 Å². The molecule has 0 aromatic heterocycles. The molecule has 0 aliphatic rings. The fraction of sp³-hybridized carbons (Fsp3) is 0.296. The fourth-order valence-corrected chi connectivity index (χ4v) is 5.65. The van der Waals surface area contributed by atoms with Crippen molar-refractivity contribution in [2.75, 3.05) is 20.3 Å². The molecule has 3 aromatic rings. The van der Waals surface area contributed by atoms with Gasteiger partial charge in [-0.2, -0.15) is 4.31 Å². The zero-order valence-corrected chi connectivity index (χ0v) is 21.6. The van der Waals surface area contributed by atoms with Gasteiger partial charge in [-0.25, -0.2) is 8.42 Å². The van der Waals surface area contributed by atoms with E-state index in [2.05, 4.69) is 5.32 Å². The molecule has 0 bridgehead atoms. The molecule has 0 aliphatic heterocycles. The van der Waals surface area contributed by atoms with Crippen LogP contribution in [0.2, 0.25) is 5.02 Å². The van der Waals surface area contributed by atoms with Crippen molar-refractivity contribution in [3.63, 3.8) is 0 Å². The van der Waals surface area contributed by atoms with Crippen LogP contribution in [-0.4, -0.2) is 38.9 Å². The van der Waals surface area contributed by atoms with Gasteiger partial charge in [0.05, 0.1) is 10.9 Å². The smallest absolute Gasteiger partial charge is 0.251 e. The van der Waals surface area contributed by atoms with Gasteiger partial charge in [-0.15, -0.1) is 0 Å². The van der Waals surface area contributed by atoms with E-state index >= 15 is 0 Å². The second-order valence-corrected chi connectivity index (χ2v) is 10.5. The Labute approximate surface area is 212 Å². The second kappa shape index (κ2) is 12.8. The zero-order valence-electron chi connectivity index (χ0n) is 20.0. The van der Waals surface area contributed by atoms with Gasteiger partial charge in [0.1, 0.15) is 0 Å². The lowest BCUT2D eigenvalue weighted by Crippen LogP contribution is -2.34. The number of amides is 1. The third-order valence-electron chi connectivity index (χ3n) is 5.70. The normalized spacial score (nSPS) is 12.5. The van der Waals surface area contributed by atoms with Gasteiger partial charge in [0, 0.05) is 37.4 Å². The third-order valence-corrected chi connectivity index (χ3v) is 7.83. The molecule has 1 N–H and O–H groups in total. The van der Waals surface area contributed by atoms with Gasteiger partial charge < -0.3 is 10.1 Å². The van der Waals surface area contributed by atoms with E-state index in [1.165, 1.54) is 16.4 Å². The highest BCUT2D eigenvalue weighted by Crippen LogP contribution is 2.32. The molecule has 1 atom stereocenters. The van der Waals surface area contributed by atoms with Crippen LogP contribution in [-0.2, 0) is 21.3 Å². The second-order valence-electron chi connectivity index (χ2n) is 8.14. The SMILES string of the molecule is CCC(c1ccccc1)N(Cc1ccc(C(=O)NCCCOC)cc1)S(=O)(=O)c1ccc(Cl)cc1. The fourth-order valence-electron chi connectivity index (χ4n) is 3.85. The molecule has 6 nitrogen and oxygen atoms in total. The molecule has 3 rings (SSSR count). The number of nitrogens with zero attached hydrogens (tertiary/aromatic N) is 1. The Bertz CT molecular complexity index is 1180.